The first-order valence-electron chi connectivity index (χ1n) is 12.1. The van der Waals surface area contributed by atoms with E-state index in [-0.39, 0.29) is 29.8 Å². The van der Waals surface area contributed by atoms with E-state index < -0.39 is 5.91 Å². The lowest BCUT2D eigenvalue weighted by Gasteiger charge is -2.23. The number of pyridine rings is 1. The normalized spacial score (nSPS) is 12.0. The van der Waals surface area contributed by atoms with Crippen molar-refractivity contribution in [1.82, 2.24) is 9.38 Å². The smallest absolute Gasteiger partial charge is 0.249 e. The van der Waals surface area contributed by atoms with Crippen LogP contribution in [0.1, 0.15) is 58.8 Å². The number of fused-ring (bicyclic) bond motifs is 1. The molecule has 4 aromatic rings. The molecule has 0 fully saturated rings. The Balaban J connectivity index is 1.73. The van der Waals surface area contributed by atoms with Crippen molar-refractivity contribution in [3.05, 3.63) is 87.7 Å². The molecule has 0 saturated heterocycles. The molecule has 7 nitrogen and oxygen atoms in total. The summed E-state index contributed by atoms with van der Waals surface area (Å²) in [5.74, 6) is -0.616. The van der Waals surface area contributed by atoms with E-state index in [1.54, 1.807) is 12.1 Å². The second-order valence-electron chi connectivity index (χ2n) is 9.32. The molecule has 2 aromatic heterocycles. The number of imidazole rings is 1. The number of halogens is 1. The Labute approximate surface area is 221 Å². The number of benzene rings is 2. The van der Waals surface area contributed by atoms with Gasteiger partial charge in [-0.15, -0.1) is 0 Å². The molecule has 0 bridgehead atoms. The number of aliphatic hydroxyl groups is 1. The maximum Gasteiger partial charge on any atom is 0.249 e. The van der Waals surface area contributed by atoms with E-state index in [2.05, 4.69) is 6.07 Å². The molecule has 0 aliphatic heterocycles. The van der Waals surface area contributed by atoms with Gasteiger partial charge in [-0.25, -0.2) is 4.98 Å². The monoisotopic (exact) mass is 516 g/mol. The van der Waals surface area contributed by atoms with E-state index in [1.165, 1.54) is 0 Å². The average Bonchev–Trinajstić information content (AvgIpc) is 3.28. The third-order valence-electron chi connectivity index (χ3n) is 6.30. The number of hydrogen-bond acceptors (Lipinski definition) is 5. The Morgan fingerprint density at radius 1 is 1.27 bits per heavy atom. The molecular weight excluding hydrogens is 488 g/mol. The molecule has 0 aliphatic rings. The molecule has 8 heteroatoms. The number of rotatable bonds is 9. The van der Waals surface area contributed by atoms with Crippen molar-refractivity contribution in [2.45, 2.75) is 45.6 Å². The Bertz CT molecular complexity index is 1500. The van der Waals surface area contributed by atoms with Gasteiger partial charge < -0.3 is 20.0 Å². The van der Waals surface area contributed by atoms with Gasteiger partial charge in [-0.05, 0) is 80.5 Å². The molecule has 0 saturated carbocycles. The highest BCUT2D eigenvalue weighted by atomic mass is 35.5. The number of aryl methyl sites for hydroxylation is 1. The topological polar surface area (TPSA) is 114 Å². The van der Waals surface area contributed by atoms with Gasteiger partial charge in [-0.2, -0.15) is 5.26 Å². The fourth-order valence-corrected chi connectivity index (χ4v) is 4.97. The molecule has 0 aliphatic carbocycles. The summed E-state index contributed by atoms with van der Waals surface area (Å²) in [5.41, 5.74) is 11.1. The lowest BCUT2D eigenvalue weighted by Crippen LogP contribution is -2.20. The number of nitriles is 1. The van der Waals surface area contributed by atoms with Gasteiger partial charge in [-0.3, -0.25) is 4.79 Å². The van der Waals surface area contributed by atoms with Crippen molar-refractivity contribution in [2.75, 3.05) is 6.61 Å². The molecule has 1 unspecified atom stereocenters. The van der Waals surface area contributed by atoms with Crippen LogP contribution in [0.3, 0.4) is 0 Å². The van der Waals surface area contributed by atoms with E-state index in [9.17, 15) is 15.2 Å². The van der Waals surface area contributed by atoms with Crippen LogP contribution >= 0.6 is 11.6 Å². The molecule has 4 rings (SSSR count). The predicted molar refractivity (Wildman–Crippen MR) is 144 cm³/mol. The van der Waals surface area contributed by atoms with Gasteiger partial charge in [0.05, 0.1) is 22.4 Å². The third kappa shape index (κ3) is 5.46. The lowest BCUT2D eigenvalue weighted by atomic mass is 9.83. The molecule has 37 heavy (non-hydrogen) atoms. The fraction of sp³-hybridized carbons (Fsp3) is 0.276. The van der Waals surface area contributed by atoms with Gasteiger partial charge in [0.25, 0.3) is 0 Å². The summed E-state index contributed by atoms with van der Waals surface area (Å²) in [5, 5.41) is 20.4. The number of aliphatic hydroxyl groups excluding tert-OH is 1. The van der Waals surface area contributed by atoms with Crippen LogP contribution < -0.4 is 10.5 Å². The van der Waals surface area contributed by atoms with Crippen LogP contribution in [0.15, 0.2) is 54.9 Å². The maximum atomic E-state index is 12.3. The molecule has 3 N–H and O–H groups in total. The zero-order valence-electron chi connectivity index (χ0n) is 21.0. The average molecular weight is 517 g/mol. The summed E-state index contributed by atoms with van der Waals surface area (Å²) in [6, 6.07) is 15.1. The summed E-state index contributed by atoms with van der Waals surface area (Å²) in [6.45, 7) is 5.61. The molecular formula is C29H29ClN4O3. The number of nitrogens with two attached hydrogens (primary N) is 1. The van der Waals surface area contributed by atoms with E-state index in [0.29, 0.717) is 29.2 Å². The van der Waals surface area contributed by atoms with E-state index >= 15 is 0 Å². The Kier molecular flexibility index (Phi) is 7.82. The van der Waals surface area contributed by atoms with Crippen LogP contribution in [0.25, 0.3) is 16.9 Å². The summed E-state index contributed by atoms with van der Waals surface area (Å²) >= 11 is 6.72. The molecule has 0 spiro atoms. The van der Waals surface area contributed by atoms with Crippen LogP contribution in [0.5, 0.6) is 5.75 Å². The van der Waals surface area contributed by atoms with Crippen LogP contribution in [-0.2, 0) is 6.42 Å². The molecule has 190 valence electrons. The van der Waals surface area contributed by atoms with Gasteiger partial charge in [0.1, 0.15) is 17.5 Å². The largest absolute Gasteiger partial charge is 0.490 e. The van der Waals surface area contributed by atoms with Crippen molar-refractivity contribution < 1.29 is 14.6 Å². The standard InChI is InChI=1S/C29H29ClN4O3/c1-17(2)37-26-9-8-22(28(32)36)27(23(26)15-31)20(10-12-35)13-19-6-7-21(24(30)14-19)25-16-34-11-4-5-18(3)29(34)33-25/h4-9,11,14,16-17,20,35H,10,12-13H2,1-3H3,(H2,32,36). The Morgan fingerprint density at radius 2 is 2.05 bits per heavy atom. The quantitative estimate of drug-likeness (QED) is 0.308. The highest BCUT2D eigenvalue weighted by Crippen LogP contribution is 2.37. The first-order chi connectivity index (χ1) is 17.7. The number of carbonyl (C=O) groups excluding carboxylic acids is 1. The van der Waals surface area contributed by atoms with Gasteiger partial charge in [0.15, 0.2) is 0 Å². The van der Waals surface area contributed by atoms with E-state index in [4.69, 9.17) is 27.1 Å². The molecule has 2 aromatic carbocycles. The van der Waals surface area contributed by atoms with Crippen LogP contribution in [0.2, 0.25) is 5.02 Å². The van der Waals surface area contributed by atoms with Crippen molar-refractivity contribution in [1.29, 1.82) is 5.26 Å². The minimum absolute atomic E-state index is 0.130. The first kappa shape index (κ1) is 26.2. The Hall–Kier alpha value is -3.86. The van der Waals surface area contributed by atoms with Gasteiger partial charge in [-0.1, -0.05) is 29.8 Å². The number of carbonyl (C=O) groups is 1. The highest BCUT2D eigenvalue weighted by Gasteiger charge is 2.26. The number of ether oxygens (including phenoxy) is 1. The Morgan fingerprint density at radius 3 is 2.68 bits per heavy atom. The third-order valence-corrected chi connectivity index (χ3v) is 6.62. The minimum atomic E-state index is -0.638. The molecule has 1 atom stereocenters. The van der Waals surface area contributed by atoms with Gasteiger partial charge in [0, 0.05) is 30.1 Å². The summed E-state index contributed by atoms with van der Waals surface area (Å²) in [7, 11) is 0. The number of nitrogens with zero attached hydrogens (tertiary/aromatic N) is 3. The number of hydrogen-bond donors (Lipinski definition) is 2. The van der Waals surface area contributed by atoms with Crippen LogP contribution in [0, 0.1) is 18.3 Å². The SMILES string of the molecule is Cc1cccn2cc(-c3ccc(CC(CCO)c4c(C(N)=O)ccc(OC(C)C)c4C#N)cc3Cl)nc12. The second kappa shape index (κ2) is 11.0. The molecule has 2 heterocycles. The highest BCUT2D eigenvalue weighted by molar-refractivity contribution is 6.33. The van der Waals surface area contributed by atoms with Crippen molar-refractivity contribution >= 4 is 23.2 Å². The van der Waals surface area contributed by atoms with Crippen LogP contribution in [0.4, 0.5) is 0 Å². The number of aromatic nitrogens is 2. The minimum Gasteiger partial charge on any atom is -0.490 e. The summed E-state index contributed by atoms with van der Waals surface area (Å²) < 4.78 is 7.81. The summed E-state index contributed by atoms with van der Waals surface area (Å²) in [4.78, 5) is 17.1. The predicted octanol–water partition coefficient (Wildman–Crippen LogP) is 5.43. The zero-order chi connectivity index (χ0) is 26.7. The van der Waals surface area contributed by atoms with Crippen molar-refractivity contribution in [3.8, 4) is 23.1 Å². The number of primary amides is 1. The fourth-order valence-electron chi connectivity index (χ4n) is 4.67. The van der Waals surface area contributed by atoms with Crippen molar-refractivity contribution in [3.63, 3.8) is 0 Å². The van der Waals surface area contributed by atoms with Gasteiger partial charge >= 0.3 is 0 Å². The lowest BCUT2D eigenvalue weighted by molar-refractivity contribution is 0.0998. The second-order valence-corrected chi connectivity index (χ2v) is 9.73. The van der Waals surface area contributed by atoms with Crippen molar-refractivity contribution in [2.24, 2.45) is 5.73 Å². The zero-order valence-corrected chi connectivity index (χ0v) is 21.8. The van der Waals surface area contributed by atoms with Crippen LogP contribution in [-0.4, -0.2) is 33.1 Å². The summed E-state index contributed by atoms with van der Waals surface area (Å²) in [6.07, 6.45) is 4.48. The molecule has 1 amide bonds. The van der Waals surface area contributed by atoms with E-state index in [0.717, 1.165) is 28.0 Å². The van der Waals surface area contributed by atoms with Gasteiger partial charge in [0.2, 0.25) is 5.91 Å². The van der Waals surface area contributed by atoms with E-state index in [1.807, 2.05) is 67.9 Å². The number of amides is 1. The first-order valence-corrected chi connectivity index (χ1v) is 12.5. The maximum absolute atomic E-state index is 12.3. The molecule has 0 radical (unpaired) electrons.